The average Bonchev–Trinajstić information content (AvgIpc) is 3.32. The number of methoxy groups -OCH3 is 1. The van der Waals surface area contributed by atoms with Crippen LogP contribution in [-0.4, -0.2) is 28.8 Å². The van der Waals surface area contributed by atoms with Crippen LogP contribution in [0, 0.1) is 0 Å². The van der Waals surface area contributed by atoms with Crippen molar-refractivity contribution in [1.82, 2.24) is 9.88 Å². The van der Waals surface area contributed by atoms with Gasteiger partial charge in [-0.3, -0.25) is 19.5 Å². The first-order valence-corrected chi connectivity index (χ1v) is 9.49. The van der Waals surface area contributed by atoms with Crippen LogP contribution in [0.25, 0.3) is 5.57 Å². The SMILES string of the molecule is COc1cccc(NC2=C(c3cccs3)C(=O)N(Cc3cccnc3)C2=O)c1. The first-order chi connectivity index (χ1) is 13.7. The quantitative estimate of drug-likeness (QED) is 0.651. The molecule has 2 aromatic heterocycles. The topological polar surface area (TPSA) is 71.5 Å². The fraction of sp³-hybridized carbons (Fsp3) is 0.0952. The molecule has 0 unspecified atom stereocenters. The van der Waals surface area contributed by atoms with Crippen LogP contribution >= 0.6 is 11.3 Å². The summed E-state index contributed by atoms with van der Waals surface area (Å²) in [6.07, 6.45) is 3.31. The highest BCUT2D eigenvalue weighted by Crippen LogP contribution is 2.34. The van der Waals surface area contributed by atoms with E-state index < -0.39 is 0 Å². The predicted molar refractivity (Wildman–Crippen MR) is 108 cm³/mol. The summed E-state index contributed by atoms with van der Waals surface area (Å²) in [5.74, 6) is -0.0194. The zero-order valence-electron chi connectivity index (χ0n) is 15.1. The Morgan fingerprint density at radius 2 is 2.00 bits per heavy atom. The number of benzene rings is 1. The molecule has 1 aromatic carbocycles. The summed E-state index contributed by atoms with van der Waals surface area (Å²) in [4.78, 5) is 32.3. The Hall–Kier alpha value is -3.45. The number of amides is 2. The molecule has 0 saturated heterocycles. The van der Waals surface area contributed by atoms with E-state index in [9.17, 15) is 9.59 Å². The maximum Gasteiger partial charge on any atom is 0.278 e. The van der Waals surface area contributed by atoms with Gasteiger partial charge in [-0.05, 0) is 35.2 Å². The van der Waals surface area contributed by atoms with Crippen molar-refractivity contribution in [1.29, 1.82) is 0 Å². The predicted octanol–water partition coefficient (Wildman–Crippen LogP) is 3.54. The summed E-state index contributed by atoms with van der Waals surface area (Å²) in [5, 5.41) is 5.01. The second-order valence-corrected chi connectivity index (χ2v) is 7.09. The standard InChI is InChI=1S/C21H17N3O3S/c1-27-16-7-2-6-15(11-16)23-19-18(17-8-4-10-28-17)20(25)24(21(19)26)13-14-5-3-9-22-12-14/h2-12,23H,13H2,1H3. The number of carbonyl (C=O) groups excluding carboxylic acids is 2. The number of carbonyl (C=O) groups is 2. The molecular formula is C21H17N3O3S. The fourth-order valence-corrected chi connectivity index (χ4v) is 3.77. The van der Waals surface area contributed by atoms with Crippen LogP contribution < -0.4 is 10.1 Å². The minimum absolute atomic E-state index is 0.170. The number of nitrogens with zero attached hydrogens (tertiary/aromatic N) is 2. The van der Waals surface area contributed by atoms with Gasteiger partial charge in [0.1, 0.15) is 11.4 Å². The Morgan fingerprint density at radius 3 is 2.71 bits per heavy atom. The summed E-state index contributed by atoms with van der Waals surface area (Å²) in [6, 6.07) is 14.6. The lowest BCUT2D eigenvalue weighted by Gasteiger charge is -2.15. The molecular weight excluding hydrogens is 374 g/mol. The Balaban J connectivity index is 1.71. The van der Waals surface area contributed by atoms with E-state index in [1.54, 1.807) is 31.6 Å². The molecule has 0 saturated carbocycles. The normalized spacial score (nSPS) is 14.0. The van der Waals surface area contributed by atoms with Gasteiger partial charge in [-0.2, -0.15) is 0 Å². The Kier molecular flexibility index (Phi) is 4.90. The smallest absolute Gasteiger partial charge is 0.278 e. The fourth-order valence-electron chi connectivity index (χ4n) is 3.00. The summed E-state index contributed by atoms with van der Waals surface area (Å²) in [6.45, 7) is 0.170. The number of ether oxygens (including phenoxy) is 1. The molecule has 7 heteroatoms. The van der Waals surface area contributed by atoms with Crippen LogP contribution in [0.15, 0.2) is 72.0 Å². The van der Waals surface area contributed by atoms with Gasteiger partial charge in [0.25, 0.3) is 11.8 Å². The lowest BCUT2D eigenvalue weighted by molar-refractivity contribution is -0.137. The van der Waals surface area contributed by atoms with Crippen LogP contribution in [0.3, 0.4) is 0 Å². The molecule has 4 rings (SSSR count). The minimum Gasteiger partial charge on any atom is -0.497 e. The first kappa shape index (κ1) is 17.9. The van der Waals surface area contributed by atoms with Gasteiger partial charge >= 0.3 is 0 Å². The molecule has 0 radical (unpaired) electrons. The molecule has 6 nitrogen and oxygen atoms in total. The Labute approximate surface area is 166 Å². The van der Waals surface area contributed by atoms with Crippen LogP contribution in [0.4, 0.5) is 5.69 Å². The lowest BCUT2D eigenvalue weighted by Crippen LogP contribution is -2.32. The van der Waals surface area contributed by atoms with Crippen molar-refractivity contribution in [2.45, 2.75) is 6.54 Å². The zero-order chi connectivity index (χ0) is 19.5. The van der Waals surface area contributed by atoms with Crippen LogP contribution in [-0.2, 0) is 16.1 Å². The molecule has 0 spiro atoms. The molecule has 140 valence electrons. The second-order valence-electron chi connectivity index (χ2n) is 6.14. The number of thiophene rings is 1. The van der Waals surface area contributed by atoms with E-state index in [0.717, 1.165) is 10.4 Å². The van der Waals surface area contributed by atoms with Crippen molar-refractivity contribution in [3.63, 3.8) is 0 Å². The molecule has 1 aliphatic rings. The first-order valence-electron chi connectivity index (χ1n) is 8.61. The molecule has 1 N–H and O–H groups in total. The van der Waals surface area contributed by atoms with Crippen molar-refractivity contribution in [3.8, 4) is 5.75 Å². The van der Waals surface area contributed by atoms with Crippen LogP contribution in [0.1, 0.15) is 10.4 Å². The van der Waals surface area contributed by atoms with Crippen molar-refractivity contribution < 1.29 is 14.3 Å². The third-order valence-corrected chi connectivity index (χ3v) is 5.23. The highest BCUT2D eigenvalue weighted by Gasteiger charge is 2.39. The van der Waals surface area contributed by atoms with E-state index in [4.69, 9.17) is 4.74 Å². The molecule has 28 heavy (non-hydrogen) atoms. The average molecular weight is 391 g/mol. The number of pyridine rings is 1. The van der Waals surface area contributed by atoms with Gasteiger partial charge in [-0.1, -0.05) is 18.2 Å². The van der Waals surface area contributed by atoms with E-state index >= 15 is 0 Å². The van der Waals surface area contributed by atoms with E-state index in [1.165, 1.54) is 16.2 Å². The van der Waals surface area contributed by atoms with Gasteiger partial charge in [0.2, 0.25) is 0 Å². The molecule has 1 aliphatic heterocycles. The van der Waals surface area contributed by atoms with Gasteiger partial charge < -0.3 is 10.1 Å². The summed E-state index contributed by atoms with van der Waals surface area (Å²) in [7, 11) is 1.58. The number of rotatable bonds is 6. The Morgan fingerprint density at radius 1 is 1.11 bits per heavy atom. The van der Waals surface area contributed by atoms with Crippen LogP contribution in [0.2, 0.25) is 0 Å². The molecule has 0 atom stereocenters. The minimum atomic E-state index is -0.361. The summed E-state index contributed by atoms with van der Waals surface area (Å²) in [5.41, 5.74) is 2.11. The van der Waals surface area contributed by atoms with Crippen molar-refractivity contribution in [2.24, 2.45) is 0 Å². The maximum absolute atomic E-state index is 13.1. The molecule has 2 amide bonds. The van der Waals surface area contributed by atoms with Gasteiger partial charge in [-0.25, -0.2) is 0 Å². The molecule has 0 fully saturated rings. The van der Waals surface area contributed by atoms with Crippen molar-refractivity contribution in [3.05, 3.63) is 82.4 Å². The molecule has 0 bridgehead atoms. The maximum atomic E-state index is 13.1. The Bertz CT molecular complexity index is 1050. The molecule has 3 aromatic rings. The number of anilines is 1. The largest absolute Gasteiger partial charge is 0.497 e. The van der Waals surface area contributed by atoms with Crippen LogP contribution in [0.5, 0.6) is 5.75 Å². The van der Waals surface area contributed by atoms with Gasteiger partial charge in [0.15, 0.2) is 0 Å². The molecule has 0 aliphatic carbocycles. The number of hydrogen-bond donors (Lipinski definition) is 1. The lowest BCUT2D eigenvalue weighted by atomic mass is 10.2. The highest BCUT2D eigenvalue weighted by molar-refractivity contribution is 7.11. The monoisotopic (exact) mass is 391 g/mol. The number of nitrogens with one attached hydrogen (secondary N) is 1. The zero-order valence-corrected chi connectivity index (χ0v) is 15.9. The van der Waals surface area contributed by atoms with E-state index in [-0.39, 0.29) is 24.1 Å². The van der Waals surface area contributed by atoms with E-state index in [2.05, 4.69) is 10.3 Å². The number of aromatic nitrogens is 1. The second kappa shape index (κ2) is 7.66. The highest BCUT2D eigenvalue weighted by atomic mass is 32.1. The van der Waals surface area contributed by atoms with Gasteiger partial charge in [-0.15, -0.1) is 11.3 Å². The van der Waals surface area contributed by atoms with Crippen molar-refractivity contribution >= 4 is 34.4 Å². The third-order valence-electron chi connectivity index (χ3n) is 4.34. The summed E-state index contributed by atoms with van der Waals surface area (Å²) < 4.78 is 5.24. The van der Waals surface area contributed by atoms with Gasteiger partial charge in [0.05, 0.1) is 19.2 Å². The molecule has 3 heterocycles. The number of imide groups is 1. The van der Waals surface area contributed by atoms with Crippen molar-refractivity contribution in [2.75, 3.05) is 12.4 Å². The van der Waals surface area contributed by atoms with E-state index in [1.807, 2.05) is 41.8 Å². The summed E-state index contributed by atoms with van der Waals surface area (Å²) >= 11 is 1.42. The van der Waals surface area contributed by atoms with E-state index in [0.29, 0.717) is 17.0 Å². The third kappa shape index (κ3) is 3.39. The number of hydrogen-bond acceptors (Lipinski definition) is 6. The van der Waals surface area contributed by atoms with Gasteiger partial charge in [0, 0.05) is 29.0 Å².